The molecule has 0 aliphatic carbocycles. The molecule has 7 heteroatoms. The van der Waals surface area contributed by atoms with E-state index in [1.165, 1.54) is 6.07 Å². The van der Waals surface area contributed by atoms with Gasteiger partial charge in [-0.05, 0) is 31.0 Å². The predicted octanol–water partition coefficient (Wildman–Crippen LogP) is 0.386. The van der Waals surface area contributed by atoms with E-state index in [9.17, 15) is 23.9 Å². The van der Waals surface area contributed by atoms with Crippen molar-refractivity contribution in [2.75, 3.05) is 0 Å². The van der Waals surface area contributed by atoms with Gasteiger partial charge in [0, 0.05) is 12.0 Å². The molecule has 2 aliphatic heterocycles. The molecule has 0 radical (unpaired) electrons. The van der Waals surface area contributed by atoms with Gasteiger partial charge < -0.3 is 5.11 Å². The minimum atomic E-state index is -1.31. The molecule has 3 rings (SSSR count). The minimum Gasteiger partial charge on any atom is -0.369 e. The number of nitrogens with zero attached hydrogens (tertiary/aromatic N) is 1. The minimum absolute atomic E-state index is 0.0599. The average Bonchev–Trinajstić information content (AvgIpc) is 2.63. The largest absolute Gasteiger partial charge is 0.369 e. The first-order valence-electron chi connectivity index (χ1n) is 6.54. The van der Waals surface area contributed by atoms with Gasteiger partial charge in [-0.3, -0.25) is 24.6 Å². The summed E-state index contributed by atoms with van der Waals surface area (Å²) >= 11 is 0. The fraction of sp³-hybridized carbons (Fsp3) is 0.357. The zero-order valence-electron chi connectivity index (χ0n) is 11.2. The van der Waals surface area contributed by atoms with Crippen molar-refractivity contribution in [3.8, 4) is 0 Å². The number of aryl methyl sites for hydroxylation is 1. The molecule has 2 N–H and O–H groups in total. The molecule has 0 spiro atoms. The smallest absolute Gasteiger partial charge is 0.257 e. The van der Waals surface area contributed by atoms with E-state index in [0.29, 0.717) is 11.1 Å². The Labute approximate surface area is 119 Å². The van der Waals surface area contributed by atoms with Crippen LogP contribution < -0.4 is 5.32 Å². The number of aliphatic hydroxyl groups is 1. The van der Waals surface area contributed by atoms with Gasteiger partial charge in [-0.1, -0.05) is 0 Å². The maximum atomic E-state index is 13.4. The molecule has 2 aliphatic rings. The number of aliphatic hydroxyl groups excluding tert-OH is 1. The van der Waals surface area contributed by atoms with E-state index >= 15 is 0 Å². The van der Waals surface area contributed by atoms with Gasteiger partial charge in [0.25, 0.3) is 5.91 Å². The Bertz CT molecular complexity index is 673. The second-order valence-electron chi connectivity index (χ2n) is 5.24. The van der Waals surface area contributed by atoms with Crippen molar-refractivity contribution in [3.63, 3.8) is 0 Å². The number of nitrogens with one attached hydrogen (secondary N) is 1. The Hall–Kier alpha value is -2.28. The fourth-order valence-electron chi connectivity index (χ4n) is 2.92. The zero-order valence-corrected chi connectivity index (χ0v) is 11.2. The molecule has 110 valence electrons. The lowest BCUT2D eigenvalue weighted by atomic mass is 10.0. The number of rotatable bonds is 1. The number of halogens is 1. The number of imide groups is 1. The van der Waals surface area contributed by atoms with Crippen LogP contribution in [-0.4, -0.2) is 33.8 Å². The number of hydrogen-bond acceptors (Lipinski definition) is 4. The van der Waals surface area contributed by atoms with E-state index < -0.39 is 35.8 Å². The van der Waals surface area contributed by atoms with Crippen molar-refractivity contribution in [2.24, 2.45) is 0 Å². The number of hydrogen-bond donors (Lipinski definition) is 2. The number of carbonyl (C=O) groups is 3. The molecule has 1 saturated heterocycles. The van der Waals surface area contributed by atoms with Crippen molar-refractivity contribution < 1.29 is 23.9 Å². The molecule has 2 unspecified atom stereocenters. The summed E-state index contributed by atoms with van der Waals surface area (Å²) in [6, 6.07) is 1.35. The Balaban J connectivity index is 2.00. The van der Waals surface area contributed by atoms with Crippen molar-refractivity contribution in [3.05, 3.63) is 34.6 Å². The van der Waals surface area contributed by atoms with Gasteiger partial charge in [-0.2, -0.15) is 0 Å². The molecular formula is C14H13FN2O4. The summed E-state index contributed by atoms with van der Waals surface area (Å²) in [6.07, 6.45) is -1.07. The predicted molar refractivity (Wildman–Crippen MR) is 68.4 cm³/mol. The molecular weight excluding hydrogens is 279 g/mol. The van der Waals surface area contributed by atoms with Crippen LogP contribution in [0, 0.1) is 12.7 Å². The summed E-state index contributed by atoms with van der Waals surface area (Å²) in [5, 5.41) is 12.5. The maximum Gasteiger partial charge on any atom is 0.257 e. The standard InChI is InChI=1S/C14H13FN2O4/c1-6-4-7(15)5-8-11(6)14(21)17(13(8)20)9-2-3-10(18)16-12(9)19/h4-5,9,14,21H,2-3H2,1H3,(H,16,18,19). The third kappa shape index (κ3) is 2.01. The number of carbonyl (C=O) groups excluding carboxylic acids is 3. The van der Waals surface area contributed by atoms with E-state index in [1.807, 2.05) is 0 Å². The first kappa shape index (κ1) is 13.7. The van der Waals surface area contributed by atoms with E-state index in [1.54, 1.807) is 6.92 Å². The van der Waals surface area contributed by atoms with Crippen LogP contribution in [0.5, 0.6) is 0 Å². The van der Waals surface area contributed by atoms with Crippen molar-refractivity contribution in [1.82, 2.24) is 10.2 Å². The van der Waals surface area contributed by atoms with E-state index in [-0.39, 0.29) is 18.4 Å². The number of benzene rings is 1. The Morgan fingerprint density at radius 1 is 1.33 bits per heavy atom. The van der Waals surface area contributed by atoms with Gasteiger partial charge in [-0.25, -0.2) is 4.39 Å². The average molecular weight is 292 g/mol. The summed E-state index contributed by atoms with van der Waals surface area (Å²) in [6.45, 7) is 1.59. The number of amides is 3. The number of piperidine rings is 1. The first-order chi connectivity index (χ1) is 9.90. The highest BCUT2D eigenvalue weighted by molar-refractivity contribution is 6.05. The Morgan fingerprint density at radius 2 is 2.05 bits per heavy atom. The lowest BCUT2D eigenvalue weighted by Crippen LogP contribution is -2.53. The molecule has 0 bridgehead atoms. The summed E-state index contributed by atoms with van der Waals surface area (Å²) in [7, 11) is 0. The Morgan fingerprint density at radius 3 is 2.71 bits per heavy atom. The van der Waals surface area contributed by atoms with Crippen molar-refractivity contribution >= 4 is 17.7 Å². The summed E-state index contributed by atoms with van der Waals surface area (Å²) in [5.74, 6) is -2.20. The van der Waals surface area contributed by atoms with Crippen LogP contribution >= 0.6 is 0 Å². The van der Waals surface area contributed by atoms with Crippen LogP contribution in [0.1, 0.15) is 40.6 Å². The third-order valence-electron chi connectivity index (χ3n) is 3.88. The molecule has 1 fully saturated rings. The normalized spacial score (nSPS) is 25.1. The topological polar surface area (TPSA) is 86.7 Å². The van der Waals surface area contributed by atoms with E-state index in [2.05, 4.69) is 5.32 Å². The van der Waals surface area contributed by atoms with Crippen LogP contribution in [0.4, 0.5) is 4.39 Å². The lowest BCUT2D eigenvalue weighted by molar-refractivity contribution is -0.139. The number of fused-ring (bicyclic) bond motifs is 1. The molecule has 1 aromatic carbocycles. The van der Waals surface area contributed by atoms with Crippen molar-refractivity contribution in [1.29, 1.82) is 0 Å². The van der Waals surface area contributed by atoms with Gasteiger partial charge in [-0.15, -0.1) is 0 Å². The van der Waals surface area contributed by atoms with Gasteiger partial charge in [0.1, 0.15) is 11.9 Å². The maximum absolute atomic E-state index is 13.4. The highest BCUT2D eigenvalue weighted by Crippen LogP contribution is 2.37. The van der Waals surface area contributed by atoms with Crippen LogP contribution in [0.2, 0.25) is 0 Å². The summed E-state index contributed by atoms with van der Waals surface area (Å²) in [4.78, 5) is 36.4. The molecule has 2 heterocycles. The zero-order chi connectivity index (χ0) is 15.3. The quantitative estimate of drug-likeness (QED) is 0.733. The third-order valence-corrected chi connectivity index (χ3v) is 3.88. The molecule has 21 heavy (non-hydrogen) atoms. The molecule has 0 aromatic heterocycles. The monoisotopic (exact) mass is 292 g/mol. The molecule has 1 aromatic rings. The molecule has 3 amide bonds. The van der Waals surface area contributed by atoms with Crippen LogP contribution in [0.15, 0.2) is 12.1 Å². The second kappa shape index (κ2) is 4.63. The van der Waals surface area contributed by atoms with Crippen LogP contribution in [0.3, 0.4) is 0 Å². The van der Waals surface area contributed by atoms with Crippen molar-refractivity contribution in [2.45, 2.75) is 32.0 Å². The highest BCUT2D eigenvalue weighted by atomic mass is 19.1. The molecule has 0 saturated carbocycles. The Kier molecular flexibility index (Phi) is 3.02. The lowest BCUT2D eigenvalue weighted by Gasteiger charge is -2.32. The summed E-state index contributed by atoms with van der Waals surface area (Å²) < 4.78 is 13.4. The van der Waals surface area contributed by atoms with E-state index in [0.717, 1.165) is 11.0 Å². The van der Waals surface area contributed by atoms with Gasteiger partial charge >= 0.3 is 0 Å². The summed E-state index contributed by atoms with van der Waals surface area (Å²) in [5.41, 5.74) is 0.816. The van der Waals surface area contributed by atoms with Gasteiger partial charge in [0.15, 0.2) is 6.23 Å². The first-order valence-corrected chi connectivity index (χ1v) is 6.54. The molecule has 6 nitrogen and oxygen atoms in total. The SMILES string of the molecule is Cc1cc(F)cc2c1C(O)N(C1CCC(=O)NC1=O)C2=O. The highest BCUT2D eigenvalue weighted by Gasteiger charge is 2.45. The van der Waals surface area contributed by atoms with E-state index in [4.69, 9.17) is 0 Å². The fourth-order valence-corrected chi connectivity index (χ4v) is 2.92. The van der Waals surface area contributed by atoms with Gasteiger partial charge in [0.05, 0.1) is 5.56 Å². The van der Waals surface area contributed by atoms with Crippen LogP contribution in [0.25, 0.3) is 0 Å². The second-order valence-corrected chi connectivity index (χ2v) is 5.24. The van der Waals surface area contributed by atoms with Gasteiger partial charge in [0.2, 0.25) is 11.8 Å². The van der Waals surface area contributed by atoms with Crippen LogP contribution in [-0.2, 0) is 9.59 Å². The molecule has 2 atom stereocenters.